The minimum atomic E-state index is -0.236. The molecule has 4 heteroatoms. The summed E-state index contributed by atoms with van der Waals surface area (Å²) >= 11 is 0. The summed E-state index contributed by atoms with van der Waals surface area (Å²) in [7, 11) is 0. The molecule has 322 valence electrons. The van der Waals surface area contributed by atoms with Gasteiger partial charge in [-0.05, 0) is 126 Å². The fraction of sp³-hybridized carbons (Fsp3) is 0.0462. The fourth-order valence-electron chi connectivity index (χ4n) is 12.1. The van der Waals surface area contributed by atoms with Crippen LogP contribution in [-0.2, 0) is 5.41 Å². The van der Waals surface area contributed by atoms with E-state index in [4.69, 9.17) is 9.97 Å². The lowest BCUT2D eigenvalue weighted by molar-refractivity contribution is 0.644. The lowest BCUT2D eigenvalue weighted by atomic mass is 9.69. The first-order valence-corrected chi connectivity index (χ1v) is 23.9. The van der Waals surface area contributed by atoms with Crippen molar-refractivity contribution >= 4 is 86.8 Å². The number of nitrogens with zero attached hydrogens (tertiary/aromatic N) is 4. The van der Waals surface area contributed by atoms with Crippen LogP contribution < -0.4 is 0 Å². The van der Waals surface area contributed by atoms with Crippen molar-refractivity contribution in [1.82, 2.24) is 19.1 Å². The number of hydrogen-bond donors (Lipinski definition) is 0. The SMILES string of the molecule is CC1(C)c2ccccc2-c2nc(-n3c4ccccc4c4cc(-c5ccc6c(c5)c5ccccc5n6-c5ccc6c7ccccc7c7ccccc7c6c5)ccc43)nc3cc(-c4ccccc4)cc1c23. The topological polar surface area (TPSA) is 35.6 Å². The molecule has 15 rings (SSSR count). The van der Waals surface area contributed by atoms with Crippen LogP contribution >= 0.6 is 0 Å². The molecule has 4 nitrogen and oxygen atoms in total. The van der Waals surface area contributed by atoms with Crippen LogP contribution in [0.15, 0.2) is 218 Å². The largest absolute Gasteiger partial charge is 0.309 e. The number of aromatic nitrogens is 4. The van der Waals surface area contributed by atoms with Gasteiger partial charge in [-0.1, -0.05) is 172 Å². The van der Waals surface area contributed by atoms with Crippen LogP contribution in [0.3, 0.4) is 0 Å². The number of hydrogen-bond acceptors (Lipinski definition) is 2. The van der Waals surface area contributed by atoms with Crippen LogP contribution in [0, 0.1) is 0 Å². The van der Waals surface area contributed by atoms with Gasteiger partial charge in [0.25, 0.3) is 0 Å². The molecule has 3 aromatic heterocycles. The van der Waals surface area contributed by atoms with Crippen molar-refractivity contribution in [2.24, 2.45) is 0 Å². The third kappa shape index (κ3) is 5.40. The Bertz CT molecular complexity index is 4480. The predicted molar refractivity (Wildman–Crippen MR) is 289 cm³/mol. The van der Waals surface area contributed by atoms with E-state index in [1.807, 2.05) is 0 Å². The molecule has 0 N–H and O–H groups in total. The molecule has 0 unspecified atom stereocenters. The van der Waals surface area contributed by atoms with Gasteiger partial charge in [0, 0.05) is 43.6 Å². The van der Waals surface area contributed by atoms with E-state index in [0.717, 1.165) is 44.4 Å². The second-order valence-corrected chi connectivity index (χ2v) is 19.3. The first-order chi connectivity index (χ1) is 34.0. The Balaban J connectivity index is 0.910. The van der Waals surface area contributed by atoms with Crippen molar-refractivity contribution in [3.63, 3.8) is 0 Å². The molecule has 3 heterocycles. The van der Waals surface area contributed by atoms with Gasteiger partial charge in [-0.15, -0.1) is 0 Å². The zero-order valence-corrected chi connectivity index (χ0v) is 38.1. The molecule has 0 amide bonds. The zero-order chi connectivity index (χ0) is 45.5. The molecule has 1 aliphatic carbocycles. The van der Waals surface area contributed by atoms with Crippen molar-refractivity contribution in [3.8, 4) is 45.1 Å². The molecule has 0 saturated heterocycles. The molecule has 0 fully saturated rings. The van der Waals surface area contributed by atoms with Crippen molar-refractivity contribution in [1.29, 1.82) is 0 Å². The highest BCUT2D eigenvalue weighted by atomic mass is 15.2. The molecule has 0 atom stereocenters. The highest BCUT2D eigenvalue weighted by Crippen LogP contribution is 2.49. The molecule has 0 radical (unpaired) electrons. The van der Waals surface area contributed by atoms with Gasteiger partial charge in [0.15, 0.2) is 0 Å². The Kier molecular flexibility index (Phi) is 7.81. The lowest BCUT2D eigenvalue weighted by Gasteiger charge is -2.35. The van der Waals surface area contributed by atoms with Gasteiger partial charge >= 0.3 is 0 Å². The Morgan fingerprint density at radius 2 is 0.855 bits per heavy atom. The Labute approximate surface area is 398 Å². The van der Waals surface area contributed by atoms with Crippen LogP contribution in [0.4, 0.5) is 0 Å². The normalized spacial score (nSPS) is 13.2. The number of para-hydroxylation sites is 2. The lowest BCUT2D eigenvalue weighted by Crippen LogP contribution is -2.24. The van der Waals surface area contributed by atoms with Crippen molar-refractivity contribution in [2.45, 2.75) is 19.3 Å². The summed E-state index contributed by atoms with van der Waals surface area (Å²) in [5.41, 5.74) is 15.8. The average molecular weight is 879 g/mol. The van der Waals surface area contributed by atoms with Gasteiger partial charge < -0.3 is 4.57 Å². The van der Waals surface area contributed by atoms with E-state index in [2.05, 4.69) is 241 Å². The summed E-state index contributed by atoms with van der Waals surface area (Å²) < 4.78 is 4.71. The number of benzene rings is 11. The van der Waals surface area contributed by atoms with E-state index in [1.165, 1.54) is 92.7 Å². The van der Waals surface area contributed by atoms with Crippen LogP contribution in [-0.4, -0.2) is 19.1 Å². The molecule has 0 spiro atoms. The maximum atomic E-state index is 5.55. The van der Waals surface area contributed by atoms with Gasteiger partial charge in [0.1, 0.15) is 0 Å². The first-order valence-electron chi connectivity index (χ1n) is 23.9. The Hall–Kier alpha value is -8.86. The third-order valence-corrected chi connectivity index (χ3v) is 15.3. The smallest absolute Gasteiger partial charge is 0.235 e. The second kappa shape index (κ2) is 14.1. The first kappa shape index (κ1) is 38.3. The minimum Gasteiger partial charge on any atom is -0.309 e. The van der Waals surface area contributed by atoms with Crippen molar-refractivity contribution in [3.05, 3.63) is 230 Å². The van der Waals surface area contributed by atoms with Crippen LogP contribution in [0.25, 0.3) is 132 Å². The van der Waals surface area contributed by atoms with Crippen molar-refractivity contribution in [2.75, 3.05) is 0 Å². The minimum absolute atomic E-state index is 0.236. The van der Waals surface area contributed by atoms with Crippen LogP contribution in [0.1, 0.15) is 25.0 Å². The third-order valence-electron chi connectivity index (χ3n) is 15.3. The number of fused-ring (bicyclic) bond motifs is 14. The Morgan fingerprint density at radius 3 is 1.52 bits per heavy atom. The van der Waals surface area contributed by atoms with Gasteiger partial charge in [-0.25, -0.2) is 9.97 Å². The molecule has 1 aliphatic rings. The average Bonchev–Trinajstić information content (AvgIpc) is 3.92. The molecular formula is C65H42N4. The Morgan fingerprint density at radius 1 is 0.333 bits per heavy atom. The van der Waals surface area contributed by atoms with Crippen LogP contribution in [0.2, 0.25) is 0 Å². The maximum Gasteiger partial charge on any atom is 0.235 e. The van der Waals surface area contributed by atoms with E-state index in [-0.39, 0.29) is 5.41 Å². The quantitative estimate of drug-likeness (QED) is 0.165. The molecule has 0 saturated carbocycles. The molecule has 0 bridgehead atoms. The summed E-state index contributed by atoms with van der Waals surface area (Å²) in [5.74, 6) is 0.672. The van der Waals surface area contributed by atoms with E-state index in [0.29, 0.717) is 5.95 Å². The summed E-state index contributed by atoms with van der Waals surface area (Å²) in [4.78, 5) is 11.1. The van der Waals surface area contributed by atoms with Crippen LogP contribution in [0.5, 0.6) is 0 Å². The monoisotopic (exact) mass is 878 g/mol. The number of rotatable bonds is 4. The predicted octanol–water partition coefficient (Wildman–Crippen LogP) is 16.9. The van der Waals surface area contributed by atoms with Gasteiger partial charge in [-0.2, -0.15) is 0 Å². The highest BCUT2D eigenvalue weighted by Gasteiger charge is 2.35. The summed E-state index contributed by atoms with van der Waals surface area (Å²) in [6.45, 7) is 4.67. The van der Waals surface area contributed by atoms with Gasteiger partial charge in [-0.3, -0.25) is 4.57 Å². The van der Waals surface area contributed by atoms with Gasteiger partial charge in [0.05, 0.1) is 33.3 Å². The van der Waals surface area contributed by atoms with E-state index in [1.54, 1.807) is 0 Å². The van der Waals surface area contributed by atoms with Gasteiger partial charge in [0.2, 0.25) is 5.95 Å². The molecule has 14 aromatic rings. The molecule has 69 heavy (non-hydrogen) atoms. The molecular weight excluding hydrogens is 837 g/mol. The summed E-state index contributed by atoms with van der Waals surface area (Å²) in [5, 5.41) is 13.6. The molecule has 11 aromatic carbocycles. The second-order valence-electron chi connectivity index (χ2n) is 19.3. The standard InChI is InChI=1S/C65H42N4/c1-65(2)55-25-13-10-24-51(55)63-62-56(65)36-42(39-16-4-3-5-17-39)37-57(62)66-64(67-63)69-59-27-15-12-23-50(59)54-35-41(29-33-61(54)69)40-28-32-60-53(34-40)49-22-11-14-26-58(49)68(60)43-30-31-48-46-20-7-6-18-44(46)45-19-8-9-21-47(45)52(48)38-43/h3-38H,1-2H3. The highest BCUT2D eigenvalue weighted by molar-refractivity contribution is 6.26. The van der Waals surface area contributed by atoms with E-state index < -0.39 is 0 Å². The van der Waals surface area contributed by atoms with Crippen molar-refractivity contribution < 1.29 is 0 Å². The van der Waals surface area contributed by atoms with E-state index in [9.17, 15) is 0 Å². The van der Waals surface area contributed by atoms with E-state index >= 15 is 0 Å². The maximum absolute atomic E-state index is 5.55. The summed E-state index contributed by atoms with van der Waals surface area (Å²) in [6.07, 6.45) is 0. The summed E-state index contributed by atoms with van der Waals surface area (Å²) in [6, 6.07) is 80.1. The molecule has 0 aliphatic heterocycles. The fourth-order valence-corrected chi connectivity index (χ4v) is 12.1. The zero-order valence-electron chi connectivity index (χ0n) is 38.1.